The summed E-state index contributed by atoms with van der Waals surface area (Å²) in [5.41, 5.74) is 0.599. The van der Waals surface area contributed by atoms with Gasteiger partial charge in [0.1, 0.15) is 19.3 Å². The molecule has 1 heterocycles. The van der Waals surface area contributed by atoms with Gasteiger partial charge in [-0.2, -0.15) is 4.98 Å². The minimum absolute atomic E-state index is 0.199. The van der Waals surface area contributed by atoms with Crippen LogP contribution in [0.2, 0.25) is 0 Å². The Morgan fingerprint density at radius 1 is 1.25 bits per heavy atom. The first kappa shape index (κ1) is 17.9. The fourth-order valence-corrected chi connectivity index (χ4v) is 2.12. The van der Waals surface area contributed by atoms with Gasteiger partial charge in [-0.15, -0.1) is 0 Å². The van der Waals surface area contributed by atoms with E-state index >= 15 is 0 Å². The van der Waals surface area contributed by atoms with Crippen molar-refractivity contribution in [2.24, 2.45) is 5.41 Å². The fraction of sp³-hybridized carbons (Fsp3) is 0.471. The van der Waals surface area contributed by atoms with Gasteiger partial charge in [-0.05, 0) is 11.0 Å². The van der Waals surface area contributed by atoms with Crippen LogP contribution >= 0.6 is 0 Å². The van der Waals surface area contributed by atoms with Crippen LogP contribution in [0.4, 0.5) is 4.79 Å². The highest BCUT2D eigenvalue weighted by molar-refractivity contribution is 5.67. The minimum atomic E-state index is -0.531. The predicted octanol–water partition coefficient (Wildman–Crippen LogP) is 3.23. The normalized spacial score (nSPS) is 12.7. The van der Waals surface area contributed by atoms with Gasteiger partial charge < -0.3 is 19.3 Å². The Morgan fingerprint density at radius 2 is 1.96 bits per heavy atom. The number of alkyl carbamates (subject to hydrolysis) is 1. The van der Waals surface area contributed by atoms with Gasteiger partial charge >= 0.3 is 6.09 Å². The van der Waals surface area contributed by atoms with Crippen molar-refractivity contribution in [3.05, 3.63) is 47.6 Å². The monoisotopic (exact) mass is 333 g/mol. The molecule has 0 unspecified atom stereocenters. The molecular formula is C17H23N3O4. The molecule has 7 nitrogen and oxygen atoms in total. The first-order valence-corrected chi connectivity index (χ1v) is 7.69. The molecule has 0 saturated carbocycles. The largest absolute Gasteiger partial charge is 0.445 e. The third-order valence-corrected chi connectivity index (χ3v) is 3.35. The van der Waals surface area contributed by atoms with Gasteiger partial charge in [0, 0.05) is 7.11 Å². The van der Waals surface area contributed by atoms with E-state index in [0.29, 0.717) is 11.7 Å². The lowest BCUT2D eigenvalue weighted by Gasteiger charge is -2.28. The van der Waals surface area contributed by atoms with Crippen molar-refractivity contribution < 1.29 is 18.8 Å². The summed E-state index contributed by atoms with van der Waals surface area (Å²) in [6.07, 6.45) is -0.531. The molecule has 0 spiro atoms. The molecule has 0 radical (unpaired) electrons. The summed E-state index contributed by atoms with van der Waals surface area (Å²) < 4.78 is 15.3. The molecule has 0 aliphatic carbocycles. The summed E-state index contributed by atoms with van der Waals surface area (Å²) in [4.78, 5) is 16.4. The summed E-state index contributed by atoms with van der Waals surface area (Å²) in [5, 5.41) is 6.75. The van der Waals surface area contributed by atoms with Crippen molar-refractivity contribution in [1.82, 2.24) is 15.5 Å². The smallest absolute Gasteiger partial charge is 0.408 e. The van der Waals surface area contributed by atoms with Crippen LogP contribution in [-0.2, 0) is 22.7 Å². The van der Waals surface area contributed by atoms with Crippen LogP contribution in [0.25, 0.3) is 0 Å². The standard InChI is InChI=1S/C17H23N3O4/c1-17(2,3)14(15-18-13(11-22-4)24-20-15)19-16(21)23-10-12-8-6-5-7-9-12/h5-9,14H,10-11H2,1-4H3,(H,19,21)/t14-/m1/s1. The van der Waals surface area contributed by atoms with E-state index in [1.54, 1.807) is 7.11 Å². The first-order chi connectivity index (χ1) is 11.4. The van der Waals surface area contributed by atoms with Gasteiger partial charge in [0.2, 0.25) is 0 Å². The summed E-state index contributed by atoms with van der Waals surface area (Å²) in [7, 11) is 1.55. The van der Waals surface area contributed by atoms with Gasteiger partial charge in [0.05, 0.1) is 0 Å². The van der Waals surface area contributed by atoms with E-state index < -0.39 is 12.1 Å². The lowest BCUT2D eigenvalue weighted by Crippen LogP contribution is -2.37. The van der Waals surface area contributed by atoms with Gasteiger partial charge in [-0.1, -0.05) is 56.3 Å². The number of hydrogen-bond donors (Lipinski definition) is 1. The number of rotatable bonds is 6. The van der Waals surface area contributed by atoms with E-state index in [0.717, 1.165) is 5.56 Å². The van der Waals surface area contributed by atoms with Crippen molar-refractivity contribution in [1.29, 1.82) is 0 Å². The molecule has 1 N–H and O–H groups in total. The Hall–Kier alpha value is -2.41. The van der Waals surface area contributed by atoms with E-state index in [1.807, 2.05) is 51.1 Å². The lowest BCUT2D eigenvalue weighted by molar-refractivity contribution is 0.124. The maximum Gasteiger partial charge on any atom is 0.408 e. The number of carbonyl (C=O) groups excluding carboxylic acids is 1. The lowest BCUT2D eigenvalue weighted by atomic mass is 9.86. The molecule has 0 bridgehead atoms. The van der Waals surface area contributed by atoms with E-state index in [1.165, 1.54) is 0 Å². The average molecular weight is 333 g/mol. The number of nitrogens with one attached hydrogen (secondary N) is 1. The second-order valence-electron chi connectivity index (χ2n) is 6.48. The number of hydrogen-bond acceptors (Lipinski definition) is 6. The summed E-state index contributed by atoms with van der Waals surface area (Å²) >= 11 is 0. The SMILES string of the molecule is COCc1nc([C@@H](NC(=O)OCc2ccccc2)C(C)(C)C)no1. The molecule has 24 heavy (non-hydrogen) atoms. The minimum Gasteiger partial charge on any atom is -0.445 e. The Bertz CT molecular complexity index is 649. The molecule has 0 saturated heterocycles. The van der Waals surface area contributed by atoms with E-state index in [2.05, 4.69) is 15.5 Å². The zero-order valence-electron chi connectivity index (χ0n) is 14.4. The van der Waals surface area contributed by atoms with Gasteiger partial charge in [-0.25, -0.2) is 4.79 Å². The quantitative estimate of drug-likeness (QED) is 0.873. The van der Waals surface area contributed by atoms with Crippen LogP contribution in [-0.4, -0.2) is 23.3 Å². The number of aromatic nitrogens is 2. The molecule has 2 aromatic rings. The van der Waals surface area contributed by atoms with Crippen molar-refractivity contribution in [2.75, 3.05) is 7.11 Å². The zero-order valence-corrected chi connectivity index (χ0v) is 14.4. The molecule has 0 fully saturated rings. The Labute approximate surface area is 141 Å². The Balaban J connectivity index is 2.01. The van der Waals surface area contributed by atoms with Crippen LogP contribution in [0.5, 0.6) is 0 Å². The van der Waals surface area contributed by atoms with Crippen molar-refractivity contribution in [2.45, 2.75) is 40.0 Å². The zero-order chi connectivity index (χ0) is 17.6. The number of carbonyl (C=O) groups is 1. The van der Waals surface area contributed by atoms with Crippen LogP contribution in [0.15, 0.2) is 34.9 Å². The van der Waals surface area contributed by atoms with Crippen LogP contribution < -0.4 is 5.32 Å². The molecule has 130 valence electrons. The number of benzene rings is 1. The van der Waals surface area contributed by atoms with Gasteiger partial charge in [0.15, 0.2) is 5.82 Å². The molecule has 7 heteroatoms. The fourth-order valence-electron chi connectivity index (χ4n) is 2.12. The van der Waals surface area contributed by atoms with Crippen molar-refractivity contribution >= 4 is 6.09 Å². The van der Waals surface area contributed by atoms with Crippen LogP contribution in [0.3, 0.4) is 0 Å². The highest BCUT2D eigenvalue weighted by Crippen LogP contribution is 2.31. The maximum atomic E-state index is 12.1. The third-order valence-electron chi connectivity index (χ3n) is 3.35. The molecule has 1 atom stereocenters. The first-order valence-electron chi connectivity index (χ1n) is 7.69. The average Bonchev–Trinajstić information content (AvgIpc) is 2.99. The predicted molar refractivity (Wildman–Crippen MR) is 87.0 cm³/mol. The molecule has 2 rings (SSSR count). The number of methoxy groups -OCH3 is 1. The number of ether oxygens (including phenoxy) is 2. The second-order valence-corrected chi connectivity index (χ2v) is 6.48. The molecular weight excluding hydrogens is 310 g/mol. The van der Waals surface area contributed by atoms with Crippen LogP contribution in [0.1, 0.15) is 44.1 Å². The highest BCUT2D eigenvalue weighted by Gasteiger charge is 2.32. The van der Waals surface area contributed by atoms with E-state index in [-0.39, 0.29) is 18.6 Å². The summed E-state index contributed by atoms with van der Waals surface area (Å²) in [5.74, 6) is 0.757. The summed E-state index contributed by atoms with van der Waals surface area (Å²) in [6.45, 7) is 6.34. The van der Waals surface area contributed by atoms with Gasteiger partial charge in [-0.3, -0.25) is 0 Å². The molecule has 1 aromatic carbocycles. The summed E-state index contributed by atoms with van der Waals surface area (Å²) in [6, 6.07) is 9.04. The molecule has 0 aliphatic heterocycles. The molecule has 0 aliphatic rings. The topological polar surface area (TPSA) is 86.5 Å². The maximum absolute atomic E-state index is 12.1. The van der Waals surface area contributed by atoms with Crippen molar-refractivity contribution in [3.8, 4) is 0 Å². The molecule has 1 amide bonds. The number of nitrogens with zero attached hydrogens (tertiary/aromatic N) is 2. The van der Waals surface area contributed by atoms with Crippen LogP contribution in [0, 0.1) is 5.41 Å². The Kier molecular flexibility index (Phi) is 5.92. The Morgan fingerprint density at radius 3 is 2.58 bits per heavy atom. The van der Waals surface area contributed by atoms with Crippen molar-refractivity contribution in [3.63, 3.8) is 0 Å². The van der Waals surface area contributed by atoms with Gasteiger partial charge in [0.25, 0.3) is 5.89 Å². The highest BCUT2D eigenvalue weighted by atomic mass is 16.5. The molecule has 1 aromatic heterocycles. The third kappa shape index (κ3) is 5.06. The van der Waals surface area contributed by atoms with E-state index in [4.69, 9.17) is 14.0 Å². The van der Waals surface area contributed by atoms with E-state index in [9.17, 15) is 4.79 Å². The number of amides is 1. The second kappa shape index (κ2) is 7.92.